The summed E-state index contributed by atoms with van der Waals surface area (Å²) in [6.45, 7) is 24.1. The predicted molar refractivity (Wildman–Crippen MR) is 214 cm³/mol. The second kappa shape index (κ2) is 17.9. The summed E-state index contributed by atoms with van der Waals surface area (Å²) in [4.78, 5) is 11.7. The Morgan fingerprint density at radius 3 is 1.98 bits per heavy atom. The number of nitrogens with zero attached hydrogens (tertiary/aromatic N) is 1. The van der Waals surface area contributed by atoms with E-state index < -0.39 is 0 Å². The Bertz CT molecular complexity index is 1930. The van der Waals surface area contributed by atoms with Crippen molar-refractivity contribution in [1.29, 1.82) is 0 Å². The minimum atomic E-state index is 0. The van der Waals surface area contributed by atoms with Crippen molar-refractivity contribution in [3.63, 3.8) is 0 Å². The van der Waals surface area contributed by atoms with Crippen LogP contribution in [0, 0.1) is 25.8 Å². The number of aromatic nitrogens is 1. The zero-order valence-corrected chi connectivity index (χ0v) is 35.0. The van der Waals surface area contributed by atoms with E-state index in [0.717, 1.165) is 36.9 Å². The van der Waals surface area contributed by atoms with Gasteiger partial charge in [-0.05, 0) is 78.3 Å². The van der Waals surface area contributed by atoms with E-state index in [-0.39, 0.29) is 48.9 Å². The second-order valence-electron chi connectivity index (χ2n) is 14.5. The van der Waals surface area contributed by atoms with Gasteiger partial charge in [0.15, 0.2) is 5.78 Å². The van der Waals surface area contributed by atoms with E-state index in [1.165, 1.54) is 66.6 Å². The minimum Gasteiger partial charge on any atom is -0.512 e. The number of hydrogen-bond donors (Lipinski definition) is 1. The van der Waals surface area contributed by atoms with Crippen molar-refractivity contribution in [3.05, 3.63) is 103 Å². The molecule has 0 atom stereocenters. The van der Waals surface area contributed by atoms with E-state index >= 15 is 0 Å². The van der Waals surface area contributed by atoms with E-state index in [1.54, 1.807) is 0 Å². The van der Waals surface area contributed by atoms with Crippen LogP contribution in [0.15, 0.2) is 72.6 Å². The number of hydrogen-bond acceptors (Lipinski definition) is 3. The zero-order valence-electron chi connectivity index (χ0n) is 31.8. The first kappa shape index (κ1) is 41.3. The third-order valence-corrected chi connectivity index (χ3v) is 11.6. The summed E-state index contributed by atoms with van der Waals surface area (Å²) in [6, 6.07) is 20.3. The van der Waals surface area contributed by atoms with Gasteiger partial charge in [0.05, 0.1) is 17.6 Å². The van der Waals surface area contributed by atoms with Gasteiger partial charge in [-0.2, -0.15) is 12.5 Å². The molecule has 3 aromatic carbocycles. The molecule has 5 rings (SSSR count). The summed E-state index contributed by atoms with van der Waals surface area (Å²) in [5, 5.41) is 14.9. The largest absolute Gasteiger partial charge is 0.512 e. The molecule has 5 heteroatoms. The van der Waals surface area contributed by atoms with Crippen LogP contribution in [0.5, 0.6) is 0 Å². The summed E-state index contributed by atoms with van der Waals surface area (Å²) in [6.07, 6.45) is 9.36. The van der Waals surface area contributed by atoms with E-state index in [1.807, 2.05) is 43.6 Å². The Labute approximate surface area is 319 Å². The van der Waals surface area contributed by atoms with Crippen molar-refractivity contribution < 1.29 is 34.6 Å². The summed E-state index contributed by atoms with van der Waals surface area (Å²) in [7, 11) is 4.40. The third kappa shape index (κ3) is 8.67. The second-order valence-corrected chi connectivity index (χ2v) is 15.5. The van der Waals surface area contributed by atoms with Gasteiger partial charge in [-0.1, -0.05) is 104 Å². The van der Waals surface area contributed by atoms with Gasteiger partial charge >= 0.3 is 0 Å². The average Bonchev–Trinajstić information content (AvgIpc) is 3.44. The molecule has 2 aromatic heterocycles. The maximum atomic E-state index is 11.7. The molecule has 0 saturated carbocycles. The van der Waals surface area contributed by atoms with Crippen LogP contribution in [-0.4, -0.2) is 10.9 Å². The van der Waals surface area contributed by atoms with Crippen molar-refractivity contribution in [2.24, 2.45) is 11.8 Å². The zero-order chi connectivity index (χ0) is 36.0. The number of carbonyl (C=O) groups is 1. The molecule has 50 heavy (non-hydrogen) atoms. The van der Waals surface area contributed by atoms with Gasteiger partial charge < -0.3 is 9.67 Å². The van der Waals surface area contributed by atoms with Crippen LogP contribution in [0.4, 0.5) is 0 Å². The molecule has 5 aromatic rings. The average molecular weight is 869 g/mol. The quantitative estimate of drug-likeness (QED) is 0.0622. The summed E-state index contributed by atoms with van der Waals surface area (Å²) in [5.74, 6) is 1.17. The number of ketones is 1. The fourth-order valence-electron chi connectivity index (χ4n) is 7.18. The Morgan fingerprint density at radius 1 is 0.820 bits per heavy atom. The van der Waals surface area contributed by atoms with Gasteiger partial charge in [0.1, 0.15) is 0 Å². The molecule has 0 aliphatic heterocycles. The molecule has 0 amide bonds. The van der Waals surface area contributed by atoms with Crippen LogP contribution in [0.25, 0.3) is 42.2 Å². The van der Waals surface area contributed by atoms with Crippen molar-refractivity contribution in [2.45, 2.75) is 112 Å². The van der Waals surface area contributed by atoms with Crippen LogP contribution in [0.1, 0.15) is 123 Å². The number of aliphatic hydroxyl groups is 1. The van der Waals surface area contributed by atoms with E-state index in [4.69, 9.17) is 0 Å². The molecule has 0 saturated heterocycles. The molecule has 2 heterocycles. The first-order chi connectivity index (χ1) is 23.3. The fourth-order valence-corrected chi connectivity index (χ4v) is 8.50. The number of pyridine rings is 1. The van der Waals surface area contributed by atoms with Crippen LogP contribution in [-0.2, 0) is 30.3 Å². The number of rotatable bonds is 11. The summed E-state index contributed by atoms with van der Waals surface area (Å²) >= 11 is 1.89. The van der Waals surface area contributed by atoms with Crippen LogP contribution < -0.4 is 4.57 Å². The van der Waals surface area contributed by atoms with Gasteiger partial charge in [-0.15, -0.1) is 34.4 Å². The van der Waals surface area contributed by atoms with Gasteiger partial charge in [-0.3, -0.25) is 4.79 Å². The molecule has 271 valence electrons. The van der Waals surface area contributed by atoms with Gasteiger partial charge in [0.2, 0.25) is 0 Å². The Morgan fingerprint density at radius 2 is 1.42 bits per heavy atom. The predicted octanol–water partition coefficient (Wildman–Crippen LogP) is 13.1. The Balaban J connectivity index is 0.000000361. The first-order valence-electron chi connectivity index (χ1n) is 18.4. The number of aliphatic hydroxyl groups excluding tert-OH is 1. The maximum Gasteiger partial charge on any atom is 0.162 e. The molecule has 0 unspecified atom stereocenters. The van der Waals surface area contributed by atoms with E-state index in [0.29, 0.717) is 5.92 Å². The number of carbonyl (C=O) groups excluding carboxylic acids is 1. The molecular weight excluding hydrogens is 811 g/mol. The van der Waals surface area contributed by atoms with Crippen molar-refractivity contribution in [2.75, 3.05) is 0 Å². The molecule has 0 fully saturated rings. The summed E-state index contributed by atoms with van der Waals surface area (Å²) < 4.78 is 4.67. The molecular formula is C45H58IrNO2S-. The van der Waals surface area contributed by atoms with Gasteiger partial charge in [-0.25, -0.2) is 0 Å². The minimum absolute atomic E-state index is 0. The standard InChI is InChI=1S/C32H34NS.C13H24O2.Ir/c1-8-21(9-2)22-14-15-25-26-16-17-33(7)30(31(26)34-29(25)18-22)27-19-28(32(4,5)6)24-13-11-10-12-23(24)20(27)3;1-5-10(6-2)12(14)9-13(15)11(7-3)8-4;/h10-19,21H,3,7-9H2,1-2,4-6H3;9-11,14H,5-8H2,1-4H3;/q-1;;/b;12-9-;. The van der Waals surface area contributed by atoms with Crippen LogP contribution >= 0.6 is 11.3 Å². The Hall–Kier alpha value is -3.11. The van der Waals surface area contributed by atoms with Crippen molar-refractivity contribution in [3.8, 4) is 11.3 Å². The van der Waals surface area contributed by atoms with Gasteiger partial charge in [0.25, 0.3) is 0 Å². The molecule has 0 aliphatic carbocycles. The van der Waals surface area contributed by atoms with Crippen molar-refractivity contribution >= 4 is 48.1 Å². The van der Waals surface area contributed by atoms with Crippen molar-refractivity contribution in [1.82, 2.24) is 0 Å². The third-order valence-electron chi connectivity index (χ3n) is 10.4. The summed E-state index contributed by atoms with van der Waals surface area (Å²) in [5.41, 5.74) is 6.22. The smallest absolute Gasteiger partial charge is 0.162 e. The van der Waals surface area contributed by atoms with E-state index in [2.05, 4.69) is 109 Å². The fraction of sp³-hybridized carbons (Fsp3) is 0.422. The number of allylic oxidation sites excluding steroid dienone is 2. The molecule has 3 nitrogen and oxygen atoms in total. The molecule has 1 N–H and O–H groups in total. The van der Waals surface area contributed by atoms with Gasteiger partial charge in [0, 0.05) is 54.5 Å². The van der Waals surface area contributed by atoms with E-state index in [9.17, 15) is 9.90 Å². The SMILES string of the molecule is CCC(CC)C(=O)/C=C(\O)C(CC)CC.[CH2-]c1c(-c2c3sc4cc(C(CC)CC)ccc4c3cc[n+]2[CH2-])cc(C(C)(C)C)c2ccccc12.[Ir]. The number of thiophene rings is 1. The molecule has 0 bridgehead atoms. The van der Waals surface area contributed by atoms with Crippen LogP contribution in [0.2, 0.25) is 0 Å². The maximum absolute atomic E-state index is 11.7. The topological polar surface area (TPSA) is 41.2 Å². The Kier molecular flexibility index (Phi) is 14.8. The number of fused-ring (bicyclic) bond motifs is 4. The molecule has 0 aliphatic rings. The molecule has 1 radical (unpaired) electrons. The number of benzene rings is 3. The van der Waals surface area contributed by atoms with Crippen LogP contribution in [0.3, 0.4) is 0 Å². The molecule has 0 spiro atoms. The monoisotopic (exact) mass is 869 g/mol. The normalized spacial score (nSPS) is 12.2. The first-order valence-corrected chi connectivity index (χ1v) is 19.2.